The average Bonchev–Trinajstić information content (AvgIpc) is 2.76. The summed E-state index contributed by atoms with van der Waals surface area (Å²) in [5.41, 5.74) is 19.7. The molecule has 0 aromatic heterocycles. The Hall–Kier alpha value is -4.41. The first kappa shape index (κ1) is 23.9. The largest absolute Gasteiger partial charge is 0.369 e. The van der Waals surface area contributed by atoms with Crippen LogP contribution in [-0.4, -0.2) is 29.4 Å². The van der Waals surface area contributed by atoms with Gasteiger partial charge in [0.2, 0.25) is 11.9 Å². The fraction of sp³-hybridized carbons (Fsp3) is 0.190. The molecule has 0 saturated heterocycles. The van der Waals surface area contributed by atoms with Gasteiger partial charge in [0.15, 0.2) is 0 Å². The number of carbonyl (C=O) groups is 1. The molecule has 0 saturated carbocycles. The van der Waals surface area contributed by atoms with Crippen LogP contribution in [0, 0.1) is 10.8 Å². The number of nitrogens with zero attached hydrogens (tertiary/aromatic N) is 2. The summed E-state index contributed by atoms with van der Waals surface area (Å²) in [6.45, 7) is 3.81. The van der Waals surface area contributed by atoms with Crippen molar-refractivity contribution < 1.29 is 4.79 Å². The maximum absolute atomic E-state index is 12.3. The van der Waals surface area contributed by atoms with E-state index in [9.17, 15) is 4.79 Å². The molecule has 2 aromatic carbocycles. The summed E-state index contributed by atoms with van der Waals surface area (Å²) < 4.78 is 0. The topological polar surface area (TPSA) is 190 Å². The van der Waals surface area contributed by atoms with E-state index in [2.05, 4.69) is 31.7 Å². The smallest absolute Gasteiger partial charge is 0.323 e. The number of guanidine groups is 2. The Bertz CT molecular complexity index is 1010. The molecule has 32 heavy (non-hydrogen) atoms. The highest BCUT2D eigenvalue weighted by atomic mass is 16.2. The van der Waals surface area contributed by atoms with Crippen LogP contribution in [0.25, 0.3) is 0 Å². The highest BCUT2D eigenvalue weighted by Gasteiger charge is 2.07. The van der Waals surface area contributed by atoms with Gasteiger partial charge < -0.3 is 22.1 Å². The van der Waals surface area contributed by atoms with Crippen molar-refractivity contribution in [2.45, 2.75) is 26.7 Å². The number of rotatable bonds is 8. The van der Waals surface area contributed by atoms with Crippen molar-refractivity contribution in [3.63, 3.8) is 0 Å². The Morgan fingerprint density at radius 1 is 0.844 bits per heavy atom. The van der Waals surface area contributed by atoms with Gasteiger partial charge in [-0.25, -0.2) is 15.6 Å². The third-order valence-corrected chi connectivity index (χ3v) is 4.18. The SMILES string of the molecule is CCC/C(=N\NC(=N)N)c1ccc(NC(=O)Nc2ccc(/C(C)=N/NC(=N)N)cc2)cc1. The number of amides is 2. The zero-order valence-corrected chi connectivity index (χ0v) is 18.0. The summed E-state index contributed by atoms with van der Waals surface area (Å²) >= 11 is 0. The molecule has 0 aliphatic rings. The maximum atomic E-state index is 12.3. The Morgan fingerprint density at radius 2 is 1.31 bits per heavy atom. The average molecular weight is 437 g/mol. The van der Waals surface area contributed by atoms with Gasteiger partial charge in [-0.1, -0.05) is 37.6 Å². The molecule has 0 unspecified atom stereocenters. The summed E-state index contributed by atoms with van der Waals surface area (Å²) in [6.07, 6.45) is 1.61. The number of hydrazone groups is 2. The maximum Gasteiger partial charge on any atom is 0.323 e. The Labute approximate surface area is 186 Å². The fourth-order valence-electron chi connectivity index (χ4n) is 2.67. The Morgan fingerprint density at radius 3 is 1.78 bits per heavy atom. The van der Waals surface area contributed by atoms with Crippen LogP contribution in [0.5, 0.6) is 0 Å². The number of anilines is 2. The summed E-state index contributed by atoms with van der Waals surface area (Å²) in [5.74, 6) is -0.467. The molecule has 0 aliphatic carbocycles. The van der Waals surface area contributed by atoms with Crippen molar-refractivity contribution in [1.29, 1.82) is 10.8 Å². The van der Waals surface area contributed by atoms with E-state index in [4.69, 9.17) is 22.3 Å². The number of carbonyl (C=O) groups excluding carboxylic acids is 1. The van der Waals surface area contributed by atoms with Crippen LogP contribution in [-0.2, 0) is 0 Å². The second-order valence-corrected chi connectivity index (χ2v) is 6.79. The lowest BCUT2D eigenvalue weighted by atomic mass is 10.1. The van der Waals surface area contributed by atoms with E-state index in [-0.39, 0.29) is 18.0 Å². The van der Waals surface area contributed by atoms with Gasteiger partial charge >= 0.3 is 6.03 Å². The number of urea groups is 1. The summed E-state index contributed by atoms with van der Waals surface area (Å²) in [4.78, 5) is 12.3. The van der Waals surface area contributed by atoms with Crippen LogP contribution in [0.15, 0.2) is 58.7 Å². The van der Waals surface area contributed by atoms with Crippen molar-refractivity contribution in [2.24, 2.45) is 21.7 Å². The highest BCUT2D eigenvalue weighted by Crippen LogP contribution is 2.14. The van der Waals surface area contributed by atoms with Crippen LogP contribution in [0.2, 0.25) is 0 Å². The predicted octanol–water partition coefficient (Wildman–Crippen LogP) is 2.52. The van der Waals surface area contributed by atoms with E-state index < -0.39 is 0 Å². The minimum atomic E-state index is -0.380. The molecular weight excluding hydrogens is 408 g/mol. The van der Waals surface area contributed by atoms with Gasteiger partial charge in [0.05, 0.1) is 11.4 Å². The fourth-order valence-corrected chi connectivity index (χ4v) is 2.67. The van der Waals surface area contributed by atoms with Gasteiger partial charge in [0.25, 0.3) is 0 Å². The predicted molar refractivity (Wildman–Crippen MR) is 129 cm³/mol. The van der Waals surface area contributed by atoms with Crippen molar-refractivity contribution >= 4 is 40.7 Å². The van der Waals surface area contributed by atoms with Gasteiger partial charge in [-0.2, -0.15) is 10.2 Å². The van der Waals surface area contributed by atoms with E-state index in [0.717, 1.165) is 29.7 Å². The molecular formula is C21H28N10O. The normalized spacial score (nSPS) is 11.4. The highest BCUT2D eigenvalue weighted by molar-refractivity contribution is 6.03. The van der Waals surface area contributed by atoms with Crippen LogP contribution < -0.4 is 33.0 Å². The molecule has 11 heteroatoms. The number of nitrogens with two attached hydrogens (primary N) is 2. The quantitative estimate of drug-likeness (QED) is 0.179. The summed E-state index contributed by atoms with van der Waals surface area (Å²) in [6, 6.07) is 14.0. The van der Waals surface area contributed by atoms with Crippen molar-refractivity contribution in [1.82, 2.24) is 10.9 Å². The molecule has 0 aliphatic heterocycles. The molecule has 168 valence electrons. The first-order valence-electron chi connectivity index (χ1n) is 9.88. The van der Waals surface area contributed by atoms with Crippen LogP contribution in [0.3, 0.4) is 0 Å². The minimum Gasteiger partial charge on any atom is -0.369 e. The lowest BCUT2D eigenvalue weighted by Gasteiger charge is -2.10. The van der Waals surface area contributed by atoms with E-state index in [0.29, 0.717) is 17.1 Å². The standard InChI is InChI=1S/C21H28N10O/c1-3-4-18(29-31-20(24)25)15-7-11-17(12-8-15)27-21(32)26-16-9-5-14(6-10-16)13(2)28-30-19(22)23/h5-12H,3-4H2,1-2H3,(H4,22,23,30)(H4,24,25,31)(H2,26,27,32)/b28-13+,29-18+. The van der Waals surface area contributed by atoms with Gasteiger partial charge in [-0.3, -0.25) is 10.8 Å². The lowest BCUT2D eigenvalue weighted by molar-refractivity contribution is 0.262. The van der Waals surface area contributed by atoms with Crippen LogP contribution in [0.1, 0.15) is 37.8 Å². The van der Waals surface area contributed by atoms with Crippen molar-refractivity contribution in [3.05, 3.63) is 59.7 Å². The molecule has 11 nitrogen and oxygen atoms in total. The third-order valence-electron chi connectivity index (χ3n) is 4.18. The zero-order valence-electron chi connectivity index (χ0n) is 18.0. The number of hydrogen-bond acceptors (Lipinski definition) is 5. The first-order valence-corrected chi connectivity index (χ1v) is 9.88. The lowest BCUT2D eigenvalue weighted by Crippen LogP contribution is -2.27. The van der Waals surface area contributed by atoms with Crippen molar-refractivity contribution in [2.75, 3.05) is 10.6 Å². The number of hydrogen-bond donors (Lipinski definition) is 8. The molecule has 10 N–H and O–H groups in total. The van der Waals surface area contributed by atoms with Gasteiger partial charge in [0.1, 0.15) is 0 Å². The van der Waals surface area contributed by atoms with E-state index in [1.165, 1.54) is 0 Å². The third kappa shape index (κ3) is 7.78. The molecule has 0 spiro atoms. The molecule has 0 radical (unpaired) electrons. The van der Waals surface area contributed by atoms with E-state index in [1.807, 2.05) is 19.1 Å². The molecule has 0 atom stereocenters. The minimum absolute atomic E-state index is 0.225. The van der Waals surface area contributed by atoms with Gasteiger partial charge in [-0.05, 0) is 48.7 Å². The Balaban J connectivity index is 1.98. The molecule has 0 heterocycles. The van der Waals surface area contributed by atoms with Crippen molar-refractivity contribution in [3.8, 4) is 0 Å². The molecule has 0 fully saturated rings. The number of nitrogens with one attached hydrogen (secondary N) is 6. The molecule has 2 aromatic rings. The monoisotopic (exact) mass is 436 g/mol. The molecule has 2 amide bonds. The second-order valence-electron chi connectivity index (χ2n) is 6.79. The summed E-state index contributed by atoms with van der Waals surface area (Å²) in [7, 11) is 0. The van der Waals surface area contributed by atoms with E-state index in [1.54, 1.807) is 43.3 Å². The molecule has 0 bridgehead atoms. The second kappa shape index (κ2) is 11.7. The van der Waals surface area contributed by atoms with Crippen LogP contribution in [0.4, 0.5) is 16.2 Å². The zero-order chi connectivity index (χ0) is 23.5. The number of benzene rings is 2. The Kier molecular flexibility index (Phi) is 8.72. The summed E-state index contributed by atoms with van der Waals surface area (Å²) in [5, 5.41) is 28.0. The molecule has 2 rings (SSSR count). The first-order chi connectivity index (χ1) is 15.3. The van der Waals surface area contributed by atoms with Crippen LogP contribution >= 0.6 is 0 Å². The van der Waals surface area contributed by atoms with Gasteiger partial charge in [-0.15, -0.1) is 0 Å². The van der Waals surface area contributed by atoms with Gasteiger partial charge in [0, 0.05) is 11.4 Å². The van der Waals surface area contributed by atoms with E-state index >= 15 is 0 Å².